The molecule has 0 spiro atoms. The summed E-state index contributed by atoms with van der Waals surface area (Å²) < 4.78 is 67.1. The number of rotatable bonds is 11. The fourth-order valence-corrected chi connectivity index (χ4v) is 8.36. The number of aromatic nitrogens is 3. The lowest BCUT2D eigenvalue weighted by Crippen LogP contribution is -2.44. The number of nitrogens with one attached hydrogen (secondary N) is 2. The largest absolute Gasteiger partial charge is 0.393 e. The van der Waals surface area contributed by atoms with Crippen molar-refractivity contribution in [3.05, 3.63) is 64.8 Å². The first-order valence-electron chi connectivity index (χ1n) is 15.7. The molecule has 2 fully saturated rings. The van der Waals surface area contributed by atoms with Crippen LogP contribution >= 0.6 is 11.3 Å². The number of fused-ring (bicyclic) bond motifs is 2. The van der Waals surface area contributed by atoms with Gasteiger partial charge in [0.15, 0.2) is 0 Å². The zero-order valence-corrected chi connectivity index (χ0v) is 27.5. The van der Waals surface area contributed by atoms with Crippen molar-refractivity contribution in [3.63, 3.8) is 0 Å². The maximum Gasteiger partial charge on any atom is 0.393 e. The molecule has 5 heterocycles. The summed E-state index contributed by atoms with van der Waals surface area (Å²) in [6, 6.07) is 12.3. The van der Waals surface area contributed by atoms with Gasteiger partial charge in [-0.15, -0.1) is 11.3 Å². The van der Waals surface area contributed by atoms with Crippen molar-refractivity contribution in [1.82, 2.24) is 29.1 Å². The molecule has 0 unspecified atom stereocenters. The fourth-order valence-electron chi connectivity index (χ4n) is 6.54. The molecule has 0 atom stereocenters. The van der Waals surface area contributed by atoms with E-state index in [1.165, 1.54) is 11.9 Å². The zero-order chi connectivity index (χ0) is 33.2. The number of nitriles is 1. The highest BCUT2D eigenvalue weighted by molar-refractivity contribution is 7.92. The average Bonchev–Trinajstić information content (AvgIpc) is 3.61. The number of hydrogen-bond acceptors (Lipinski definition) is 9. The lowest BCUT2D eigenvalue weighted by atomic mass is 10.0. The minimum absolute atomic E-state index is 0.0874. The first kappa shape index (κ1) is 33.4. The Labute approximate surface area is 275 Å². The second-order valence-electron chi connectivity index (χ2n) is 12.3. The van der Waals surface area contributed by atoms with Gasteiger partial charge in [-0.3, -0.25) is 4.90 Å². The molecule has 0 bridgehead atoms. The predicted molar refractivity (Wildman–Crippen MR) is 177 cm³/mol. The van der Waals surface area contributed by atoms with Crippen LogP contribution in [0, 0.1) is 11.3 Å². The van der Waals surface area contributed by atoms with E-state index in [-0.39, 0.29) is 17.0 Å². The lowest BCUT2D eigenvalue weighted by molar-refractivity contribution is -0.126. The number of benzene rings is 1. The molecule has 10 nitrogen and oxygen atoms in total. The monoisotopic (exact) mass is 686 g/mol. The Balaban J connectivity index is 1.02. The van der Waals surface area contributed by atoms with Crippen molar-refractivity contribution in [2.24, 2.45) is 0 Å². The Hall–Kier alpha value is -3.55. The van der Waals surface area contributed by atoms with Gasteiger partial charge in [0.05, 0.1) is 11.8 Å². The molecule has 6 rings (SSSR count). The molecule has 15 heteroatoms. The van der Waals surface area contributed by atoms with E-state index in [2.05, 4.69) is 65.2 Å². The van der Waals surface area contributed by atoms with Gasteiger partial charge in [0.1, 0.15) is 28.7 Å². The van der Waals surface area contributed by atoms with Gasteiger partial charge < -0.3 is 14.8 Å². The molecule has 3 aromatic heterocycles. The number of likely N-dealkylation sites (tertiary alicyclic amines) is 2. The van der Waals surface area contributed by atoms with E-state index < -0.39 is 22.6 Å². The zero-order valence-electron chi connectivity index (χ0n) is 25.8. The average molecular weight is 687 g/mol. The molecule has 2 N–H and O–H groups in total. The third kappa shape index (κ3) is 8.31. The third-order valence-corrected chi connectivity index (χ3v) is 11.1. The number of anilines is 1. The minimum Gasteiger partial charge on any atom is -0.367 e. The van der Waals surface area contributed by atoms with Gasteiger partial charge in [-0.2, -0.15) is 18.4 Å². The second kappa shape index (κ2) is 13.9. The van der Waals surface area contributed by atoms with Crippen molar-refractivity contribution >= 4 is 48.3 Å². The van der Waals surface area contributed by atoms with Crippen molar-refractivity contribution in [3.8, 4) is 6.07 Å². The molecule has 0 aliphatic carbocycles. The van der Waals surface area contributed by atoms with Crippen molar-refractivity contribution in [2.75, 3.05) is 38.0 Å². The first-order valence-corrected chi connectivity index (χ1v) is 18.0. The molecule has 0 saturated carbocycles. The van der Waals surface area contributed by atoms with Crippen LogP contribution in [0.5, 0.6) is 0 Å². The van der Waals surface area contributed by atoms with E-state index in [0.29, 0.717) is 28.3 Å². The summed E-state index contributed by atoms with van der Waals surface area (Å²) in [5, 5.41) is 15.9. The number of thiophene rings is 1. The Morgan fingerprint density at radius 2 is 1.74 bits per heavy atom. The normalized spacial score (nSPS) is 17.7. The summed E-state index contributed by atoms with van der Waals surface area (Å²) in [5.41, 5.74) is 2.81. The van der Waals surface area contributed by atoms with Crippen LogP contribution in [0.4, 0.5) is 19.0 Å². The number of piperidine rings is 2. The topological polar surface area (TPSA) is 119 Å². The van der Waals surface area contributed by atoms with E-state index in [9.17, 15) is 26.9 Å². The molecule has 0 radical (unpaired) electrons. The Bertz CT molecular complexity index is 1880. The van der Waals surface area contributed by atoms with E-state index in [1.807, 2.05) is 6.07 Å². The third-order valence-electron chi connectivity index (χ3n) is 8.95. The summed E-state index contributed by atoms with van der Waals surface area (Å²) in [7, 11) is -3.44. The number of halogens is 3. The first-order chi connectivity index (χ1) is 22.5. The highest BCUT2D eigenvalue weighted by Crippen LogP contribution is 2.33. The minimum atomic E-state index is -4.26. The van der Waals surface area contributed by atoms with Gasteiger partial charge in [0, 0.05) is 66.0 Å². The molecule has 2 saturated heterocycles. The number of sulfonamides is 1. The molecule has 0 amide bonds. The SMILES string of the molecule is C=CS(=O)(=O)NC1CCN(CCn2c(C#N)cc3cc(CN4CCC(Nc5ncnc6sc(CC(F)(F)F)cc56)CC4)ccc32)CC1. The Morgan fingerprint density at radius 1 is 1.02 bits per heavy atom. The summed E-state index contributed by atoms with van der Waals surface area (Å²) in [4.78, 5) is 14.0. The highest BCUT2D eigenvalue weighted by Gasteiger charge is 2.29. The molecule has 250 valence electrons. The van der Waals surface area contributed by atoms with Crippen molar-refractivity contribution in [2.45, 2.75) is 63.5 Å². The molecular formula is C32H37F3N8O2S2. The van der Waals surface area contributed by atoms with E-state index >= 15 is 0 Å². The molecular weight excluding hydrogens is 650 g/mol. The van der Waals surface area contributed by atoms with Gasteiger partial charge in [-0.25, -0.2) is 23.1 Å². The molecule has 2 aliphatic rings. The Kier molecular flexibility index (Phi) is 9.86. The van der Waals surface area contributed by atoms with Gasteiger partial charge in [-0.05, 0) is 68.6 Å². The van der Waals surface area contributed by atoms with Crippen LogP contribution in [0.2, 0.25) is 0 Å². The van der Waals surface area contributed by atoms with Gasteiger partial charge >= 0.3 is 6.18 Å². The van der Waals surface area contributed by atoms with Crippen LogP contribution in [0.25, 0.3) is 21.1 Å². The van der Waals surface area contributed by atoms with Crippen LogP contribution in [0.15, 0.2) is 48.6 Å². The molecule has 4 aromatic rings. The standard InChI is InChI=1S/C32H37F3N8O2S2/c1-2-47(44,45)40-25-7-9-41(10-8-25)13-14-43-26(19-36)16-23-15-22(3-4-29(23)43)20-42-11-5-24(6-12-42)39-30-28-17-27(18-32(33,34)35)46-31(28)38-21-37-30/h2-4,15-17,21,24-25,40H,1,5-14,18,20H2,(H,37,38,39). The van der Waals surface area contributed by atoms with E-state index in [4.69, 9.17) is 0 Å². The lowest BCUT2D eigenvalue weighted by Gasteiger charge is -2.32. The number of hydrogen-bond donors (Lipinski definition) is 2. The molecule has 2 aliphatic heterocycles. The quantitative estimate of drug-likeness (QED) is 0.220. The van der Waals surface area contributed by atoms with E-state index in [1.54, 1.807) is 6.07 Å². The smallest absolute Gasteiger partial charge is 0.367 e. The maximum atomic E-state index is 12.9. The fraction of sp³-hybridized carbons (Fsp3) is 0.469. The maximum absolute atomic E-state index is 12.9. The van der Waals surface area contributed by atoms with Crippen molar-refractivity contribution in [1.29, 1.82) is 5.26 Å². The van der Waals surface area contributed by atoms with E-state index in [0.717, 1.165) is 92.6 Å². The summed E-state index contributed by atoms with van der Waals surface area (Å²) >= 11 is 1.06. The van der Waals surface area contributed by atoms with Crippen LogP contribution in [0.1, 0.15) is 41.8 Å². The number of nitrogens with zero attached hydrogens (tertiary/aromatic N) is 6. The Morgan fingerprint density at radius 3 is 2.45 bits per heavy atom. The van der Waals surface area contributed by atoms with Gasteiger partial charge in [-0.1, -0.05) is 12.6 Å². The summed E-state index contributed by atoms with van der Waals surface area (Å²) in [6.45, 7) is 8.86. The van der Waals surface area contributed by atoms with Crippen LogP contribution in [-0.2, 0) is 29.5 Å². The summed E-state index contributed by atoms with van der Waals surface area (Å²) in [5.74, 6) is 0.585. The molecule has 1 aromatic carbocycles. The second-order valence-corrected chi connectivity index (χ2v) is 15.0. The predicted octanol–water partition coefficient (Wildman–Crippen LogP) is 5.23. The van der Waals surface area contributed by atoms with Crippen molar-refractivity contribution < 1.29 is 21.6 Å². The van der Waals surface area contributed by atoms with Crippen LogP contribution in [-0.4, -0.2) is 83.7 Å². The van der Waals surface area contributed by atoms with Gasteiger partial charge in [0.2, 0.25) is 10.0 Å². The molecule has 47 heavy (non-hydrogen) atoms. The van der Waals surface area contributed by atoms with Gasteiger partial charge in [0.25, 0.3) is 0 Å². The number of alkyl halides is 3. The van der Waals surface area contributed by atoms with Crippen LogP contribution in [0.3, 0.4) is 0 Å². The summed E-state index contributed by atoms with van der Waals surface area (Å²) in [6.07, 6.45) is -0.624. The van der Waals surface area contributed by atoms with Crippen LogP contribution < -0.4 is 10.0 Å². The highest BCUT2D eigenvalue weighted by atomic mass is 32.2.